The molecule has 0 spiro atoms. The number of rotatable bonds is 8. The first kappa shape index (κ1) is 36.0. The normalized spacial score (nSPS) is 12.5. The molecule has 2 atom stereocenters. The smallest absolute Gasteiger partial charge is 0.392 e. The van der Waals surface area contributed by atoms with E-state index < -0.39 is 39.4 Å². The zero-order valence-corrected chi connectivity index (χ0v) is 23.7. The summed E-state index contributed by atoms with van der Waals surface area (Å²) in [4.78, 5) is 24.3. The fourth-order valence-corrected chi connectivity index (χ4v) is 3.67. The monoisotopic (exact) mass is 634 g/mol. The minimum atomic E-state index is -5.84. The third kappa shape index (κ3) is 10.2. The summed E-state index contributed by atoms with van der Waals surface area (Å²) in [5.41, 5.74) is -2.67. The van der Waals surface area contributed by atoms with Gasteiger partial charge >= 0.3 is 15.6 Å². The van der Waals surface area contributed by atoms with Crippen molar-refractivity contribution in [1.29, 1.82) is 0 Å². The van der Waals surface area contributed by atoms with E-state index in [9.17, 15) is 43.2 Å². The van der Waals surface area contributed by atoms with Crippen LogP contribution in [0.2, 0.25) is 0 Å². The van der Waals surface area contributed by atoms with Gasteiger partial charge in [-0.3, -0.25) is 14.1 Å². The summed E-state index contributed by atoms with van der Waals surface area (Å²) in [5.74, 6) is -0.795. The summed E-state index contributed by atoms with van der Waals surface area (Å²) in [7, 11) is -5.84. The van der Waals surface area contributed by atoms with Crippen LogP contribution in [0, 0.1) is 0 Å². The molecule has 13 heteroatoms. The number of carbonyl (C=O) groups excluding carboxylic acids is 2. The van der Waals surface area contributed by atoms with Crippen LogP contribution in [0.4, 0.5) is 13.2 Å². The number of aliphatic hydroxyl groups excluding tert-OH is 4. The van der Waals surface area contributed by atoms with Crippen LogP contribution < -0.4 is 0 Å². The van der Waals surface area contributed by atoms with E-state index in [-0.39, 0.29) is 13.2 Å². The third-order valence-electron chi connectivity index (χ3n) is 5.93. The van der Waals surface area contributed by atoms with E-state index in [1.54, 1.807) is 97.1 Å². The summed E-state index contributed by atoms with van der Waals surface area (Å²) in [6.07, 6.45) is -2.39. The first-order chi connectivity index (χ1) is 20.7. The van der Waals surface area contributed by atoms with E-state index in [0.29, 0.717) is 33.4 Å². The Morgan fingerprint density at radius 1 is 0.591 bits per heavy atom. The second kappa shape index (κ2) is 16.6. The molecule has 0 aromatic heterocycles. The van der Waals surface area contributed by atoms with Crippen LogP contribution in [0.3, 0.4) is 0 Å². The zero-order valence-electron chi connectivity index (χ0n) is 22.9. The van der Waals surface area contributed by atoms with E-state index in [0.717, 1.165) is 0 Å². The maximum atomic E-state index is 12.2. The van der Waals surface area contributed by atoms with E-state index >= 15 is 0 Å². The second-order valence-corrected chi connectivity index (χ2v) is 10.3. The van der Waals surface area contributed by atoms with Gasteiger partial charge in [0.25, 0.3) is 0 Å². The number of benzene rings is 4. The summed E-state index contributed by atoms with van der Waals surface area (Å²) in [6.45, 7) is -0.438. The molecular formula is C31H29F3O9S. The molecule has 234 valence electrons. The first-order valence-electron chi connectivity index (χ1n) is 12.7. The molecule has 0 amide bonds. The van der Waals surface area contributed by atoms with Crippen molar-refractivity contribution in [3.05, 3.63) is 143 Å². The average Bonchev–Trinajstić information content (AvgIpc) is 3.03. The van der Waals surface area contributed by atoms with Gasteiger partial charge in [0.1, 0.15) is 12.2 Å². The van der Waals surface area contributed by atoms with Gasteiger partial charge in [-0.2, -0.15) is 21.6 Å². The molecule has 5 N–H and O–H groups in total. The Morgan fingerprint density at radius 3 is 1.14 bits per heavy atom. The van der Waals surface area contributed by atoms with Crippen molar-refractivity contribution in [3.8, 4) is 0 Å². The Bertz CT molecular complexity index is 1510. The van der Waals surface area contributed by atoms with Gasteiger partial charge in [0.15, 0.2) is 11.6 Å². The molecule has 0 fully saturated rings. The molecule has 4 aromatic carbocycles. The number of Topliss-reactive ketones (excluding diaryl/α,β-unsaturated/α-hetero) is 2. The Morgan fingerprint density at radius 2 is 0.864 bits per heavy atom. The predicted octanol–water partition coefficient (Wildman–Crippen LogP) is 4.58. The van der Waals surface area contributed by atoms with E-state index in [4.69, 9.17) is 13.0 Å². The minimum Gasteiger partial charge on any atom is -0.392 e. The highest BCUT2D eigenvalue weighted by Crippen LogP contribution is 2.22. The number of aliphatic hydroxyl groups is 4. The second-order valence-electron chi connectivity index (χ2n) is 8.91. The van der Waals surface area contributed by atoms with Crippen molar-refractivity contribution in [3.63, 3.8) is 0 Å². The van der Waals surface area contributed by atoms with Crippen LogP contribution in [-0.4, -0.2) is 50.5 Å². The van der Waals surface area contributed by atoms with E-state index in [1.807, 2.05) is 12.1 Å². The van der Waals surface area contributed by atoms with Gasteiger partial charge in [-0.15, -0.1) is 0 Å². The molecule has 0 radical (unpaired) electrons. The maximum Gasteiger partial charge on any atom is 0.522 e. The molecule has 4 aromatic rings. The number of alkyl halides is 3. The topological polar surface area (TPSA) is 169 Å². The Kier molecular flexibility index (Phi) is 13.5. The lowest BCUT2D eigenvalue weighted by molar-refractivity contribution is -0.0510. The maximum absolute atomic E-state index is 12.2. The van der Waals surface area contributed by atoms with Crippen LogP contribution in [0.25, 0.3) is 0 Å². The van der Waals surface area contributed by atoms with E-state index in [1.165, 1.54) is 0 Å². The molecule has 0 aliphatic carbocycles. The Labute approximate surface area is 251 Å². The molecule has 0 saturated carbocycles. The molecule has 0 heterocycles. The van der Waals surface area contributed by atoms with E-state index in [2.05, 4.69) is 0 Å². The van der Waals surface area contributed by atoms with Crippen LogP contribution >= 0.6 is 0 Å². The number of hydrogen-bond donors (Lipinski definition) is 5. The molecule has 0 aliphatic rings. The highest BCUT2D eigenvalue weighted by molar-refractivity contribution is 7.86. The van der Waals surface area contributed by atoms with Gasteiger partial charge in [0.2, 0.25) is 0 Å². The summed E-state index contributed by atoms with van der Waals surface area (Å²) >= 11 is 0. The summed E-state index contributed by atoms with van der Waals surface area (Å²) in [5, 5.41) is 38.4. The Balaban J connectivity index is 0.000000248. The first-order valence-corrected chi connectivity index (χ1v) is 14.1. The largest absolute Gasteiger partial charge is 0.522 e. The summed E-state index contributed by atoms with van der Waals surface area (Å²) < 4.78 is 57.5. The molecular weight excluding hydrogens is 605 g/mol. The average molecular weight is 635 g/mol. The van der Waals surface area contributed by atoms with Crippen molar-refractivity contribution in [2.45, 2.75) is 30.9 Å². The highest BCUT2D eigenvalue weighted by atomic mass is 32.2. The standard InChI is InChI=1S/2C15H14O3.CHF3O3S/c2*16-10-12-8-4-5-9-13(12)15(18)14(17)11-6-2-1-3-7-11;2-1(3,4)8(5,6)7/h2*1-9,14,16-17H,10H2;(H,5,6,7). The van der Waals surface area contributed by atoms with Crippen LogP contribution in [0.1, 0.15) is 55.2 Å². The quantitative estimate of drug-likeness (QED) is 0.106. The third-order valence-corrected chi connectivity index (χ3v) is 6.51. The van der Waals surface area contributed by atoms with Crippen molar-refractivity contribution < 1.29 is 56.2 Å². The van der Waals surface area contributed by atoms with Crippen LogP contribution in [-0.2, 0) is 23.3 Å². The number of ketones is 2. The lowest BCUT2D eigenvalue weighted by atomic mass is 9.96. The lowest BCUT2D eigenvalue weighted by Crippen LogP contribution is -2.21. The highest BCUT2D eigenvalue weighted by Gasteiger charge is 2.44. The van der Waals surface area contributed by atoms with Gasteiger partial charge in [0, 0.05) is 11.1 Å². The molecule has 0 saturated heterocycles. The summed E-state index contributed by atoms with van der Waals surface area (Å²) in [6, 6.07) is 31.0. The number of carbonyl (C=O) groups is 2. The van der Waals surface area contributed by atoms with Crippen LogP contribution in [0.5, 0.6) is 0 Å². The zero-order chi connectivity index (χ0) is 32.9. The fraction of sp³-hybridized carbons (Fsp3) is 0.161. The van der Waals surface area contributed by atoms with Gasteiger partial charge in [0.05, 0.1) is 13.2 Å². The number of halogens is 3. The SMILES string of the molecule is O=C(c1ccccc1CO)C(O)c1ccccc1.O=C(c1ccccc1CO)C(O)c1ccccc1.O=S(=O)(O)C(F)(F)F. The van der Waals surface area contributed by atoms with Gasteiger partial charge in [-0.05, 0) is 22.3 Å². The van der Waals surface area contributed by atoms with Crippen molar-refractivity contribution in [1.82, 2.24) is 0 Å². The van der Waals surface area contributed by atoms with Crippen molar-refractivity contribution >= 4 is 21.7 Å². The number of hydrogen-bond acceptors (Lipinski definition) is 8. The molecule has 0 aliphatic heterocycles. The molecule has 9 nitrogen and oxygen atoms in total. The molecule has 0 bridgehead atoms. The van der Waals surface area contributed by atoms with Crippen LogP contribution in [0.15, 0.2) is 109 Å². The minimum absolute atomic E-state index is 0.219. The molecule has 4 rings (SSSR count). The predicted molar refractivity (Wildman–Crippen MR) is 154 cm³/mol. The van der Waals surface area contributed by atoms with Crippen molar-refractivity contribution in [2.75, 3.05) is 0 Å². The van der Waals surface area contributed by atoms with Gasteiger partial charge in [-0.1, -0.05) is 109 Å². The fourth-order valence-electron chi connectivity index (χ4n) is 3.67. The molecule has 44 heavy (non-hydrogen) atoms. The molecule has 2 unspecified atom stereocenters. The Hall–Kier alpha value is -4.24. The van der Waals surface area contributed by atoms with Crippen molar-refractivity contribution in [2.24, 2.45) is 0 Å². The lowest BCUT2D eigenvalue weighted by Gasteiger charge is -2.12. The van der Waals surface area contributed by atoms with Gasteiger partial charge in [-0.25, -0.2) is 0 Å². The van der Waals surface area contributed by atoms with Gasteiger partial charge < -0.3 is 20.4 Å².